The summed E-state index contributed by atoms with van der Waals surface area (Å²) < 4.78 is 22.5. The van der Waals surface area contributed by atoms with E-state index in [2.05, 4.69) is 4.90 Å². The van der Waals surface area contributed by atoms with Gasteiger partial charge in [-0.15, -0.1) is 0 Å². The predicted molar refractivity (Wildman–Crippen MR) is 126 cm³/mol. The number of rotatable bonds is 6. The van der Waals surface area contributed by atoms with Gasteiger partial charge in [-0.05, 0) is 62.7 Å². The molecule has 0 saturated carbocycles. The highest BCUT2D eigenvalue weighted by Crippen LogP contribution is 2.44. The van der Waals surface area contributed by atoms with E-state index in [1.54, 1.807) is 31.4 Å². The molecule has 2 aromatic rings. The predicted octanol–water partition coefficient (Wildman–Crippen LogP) is 4.72. The van der Waals surface area contributed by atoms with E-state index in [0.29, 0.717) is 51.8 Å². The molecule has 0 bridgehead atoms. The number of carbonyl (C=O) groups excluding carboxylic acids is 1. The first-order valence-electron chi connectivity index (χ1n) is 11.3. The zero-order valence-electron chi connectivity index (χ0n) is 19.7. The smallest absolute Gasteiger partial charge is 0.232 e. The highest BCUT2D eigenvalue weighted by Gasteiger charge is 2.34. The fraction of sp³-hybridized carbons (Fsp3) is 0.423. The van der Waals surface area contributed by atoms with Crippen LogP contribution in [0.15, 0.2) is 24.0 Å². The van der Waals surface area contributed by atoms with Crippen molar-refractivity contribution in [2.75, 3.05) is 34.4 Å². The average molecular weight is 454 g/mol. The highest BCUT2D eigenvalue weighted by molar-refractivity contribution is 6.16. The number of Topliss-reactive ketones (excluding diaryl/α,β-unsaturated/α-hetero) is 1. The first-order chi connectivity index (χ1) is 16.0. The van der Waals surface area contributed by atoms with Gasteiger partial charge in [-0.3, -0.25) is 9.69 Å². The highest BCUT2D eigenvalue weighted by atomic mass is 16.5. The summed E-state index contributed by atoms with van der Waals surface area (Å²) in [6, 6.07) is 5.20. The minimum absolute atomic E-state index is 0.160. The Labute approximate surface area is 194 Å². The first kappa shape index (κ1) is 23.0. The Morgan fingerprint density at radius 2 is 1.73 bits per heavy atom. The number of phenolic OH excluding ortho intramolecular Hbond substituents is 1. The van der Waals surface area contributed by atoms with Crippen LogP contribution in [0.3, 0.4) is 0 Å². The lowest BCUT2D eigenvalue weighted by Gasteiger charge is -2.22. The van der Waals surface area contributed by atoms with Crippen molar-refractivity contribution in [3.05, 3.63) is 46.2 Å². The van der Waals surface area contributed by atoms with E-state index in [-0.39, 0.29) is 17.3 Å². The Bertz CT molecular complexity index is 1080. The summed E-state index contributed by atoms with van der Waals surface area (Å²) in [5.41, 5.74) is 2.48. The van der Waals surface area contributed by atoms with Gasteiger partial charge in [0.2, 0.25) is 11.5 Å². The number of aryl methyl sites for hydroxylation is 1. The molecule has 0 unspecified atom stereocenters. The van der Waals surface area contributed by atoms with Crippen LogP contribution in [0.2, 0.25) is 0 Å². The molecular formula is C26H31NO6. The van der Waals surface area contributed by atoms with Gasteiger partial charge in [-0.25, -0.2) is 0 Å². The summed E-state index contributed by atoms with van der Waals surface area (Å²) in [7, 11) is 4.62. The molecule has 0 aromatic heterocycles. The number of benzene rings is 2. The normalized spacial score (nSPS) is 17.5. The van der Waals surface area contributed by atoms with Crippen molar-refractivity contribution in [2.24, 2.45) is 0 Å². The standard InChI is InChI=1S/C26H31NO6/c1-16-13-19(28)18(15-27-11-7-5-6-8-12-27)25-22(16)23(29)21(33-25)14-17-9-10-20(30-2)26(32-4)24(17)31-3/h9-10,13-14,28H,5-8,11-12,15H2,1-4H3/b21-14-. The van der Waals surface area contributed by atoms with Crippen molar-refractivity contribution in [1.29, 1.82) is 0 Å². The molecule has 0 atom stereocenters. The lowest BCUT2D eigenvalue weighted by molar-refractivity contribution is 0.101. The number of nitrogens with zero attached hydrogens (tertiary/aromatic N) is 1. The van der Waals surface area contributed by atoms with E-state index in [4.69, 9.17) is 18.9 Å². The van der Waals surface area contributed by atoms with Gasteiger partial charge < -0.3 is 24.1 Å². The van der Waals surface area contributed by atoms with Crippen LogP contribution in [0.4, 0.5) is 0 Å². The molecule has 2 aliphatic heterocycles. The number of phenols is 1. The molecule has 33 heavy (non-hydrogen) atoms. The van der Waals surface area contributed by atoms with Crippen molar-refractivity contribution >= 4 is 11.9 Å². The maximum atomic E-state index is 13.3. The molecule has 4 rings (SSSR count). The van der Waals surface area contributed by atoms with Crippen molar-refractivity contribution in [3.8, 4) is 28.7 Å². The Kier molecular flexibility index (Phi) is 6.79. The van der Waals surface area contributed by atoms with E-state index in [1.807, 2.05) is 6.92 Å². The quantitative estimate of drug-likeness (QED) is 0.634. The van der Waals surface area contributed by atoms with Gasteiger partial charge >= 0.3 is 0 Å². The van der Waals surface area contributed by atoms with Gasteiger partial charge in [-0.1, -0.05) is 12.8 Å². The molecule has 7 heteroatoms. The molecule has 176 valence electrons. The first-order valence-corrected chi connectivity index (χ1v) is 11.3. The zero-order chi connectivity index (χ0) is 23.5. The van der Waals surface area contributed by atoms with Gasteiger partial charge in [0.05, 0.1) is 32.5 Å². The fourth-order valence-corrected chi connectivity index (χ4v) is 4.63. The van der Waals surface area contributed by atoms with E-state index < -0.39 is 0 Å². The van der Waals surface area contributed by atoms with Crippen LogP contribution in [0.25, 0.3) is 6.08 Å². The molecule has 7 nitrogen and oxygen atoms in total. The Hall–Kier alpha value is -3.19. The maximum absolute atomic E-state index is 13.3. The topological polar surface area (TPSA) is 77.5 Å². The second-order valence-electron chi connectivity index (χ2n) is 8.45. The van der Waals surface area contributed by atoms with E-state index in [0.717, 1.165) is 25.9 Å². The number of allylic oxidation sites excluding steroid dienone is 1. The Morgan fingerprint density at radius 1 is 1.03 bits per heavy atom. The molecule has 2 aromatic carbocycles. The number of ether oxygens (including phenoxy) is 4. The molecular weight excluding hydrogens is 422 g/mol. The van der Waals surface area contributed by atoms with Crippen molar-refractivity contribution in [1.82, 2.24) is 4.90 Å². The van der Waals surface area contributed by atoms with Crippen LogP contribution in [-0.2, 0) is 6.54 Å². The maximum Gasteiger partial charge on any atom is 0.232 e. The van der Waals surface area contributed by atoms with Crippen LogP contribution in [-0.4, -0.2) is 50.2 Å². The van der Waals surface area contributed by atoms with E-state index in [1.165, 1.54) is 27.1 Å². The summed E-state index contributed by atoms with van der Waals surface area (Å²) in [5.74, 6) is 1.99. The minimum atomic E-state index is -0.212. The summed E-state index contributed by atoms with van der Waals surface area (Å²) in [6.45, 7) is 4.31. The fourth-order valence-electron chi connectivity index (χ4n) is 4.63. The zero-order valence-corrected chi connectivity index (χ0v) is 19.7. The molecule has 1 saturated heterocycles. The summed E-state index contributed by atoms with van der Waals surface area (Å²) in [5, 5.41) is 10.7. The molecule has 0 amide bonds. The van der Waals surface area contributed by atoms with Gasteiger partial charge in [0.25, 0.3) is 0 Å². The number of likely N-dealkylation sites (tertiary alicyclic amines) is 1. The molecule has 2 heterocycles. The third kappa shape index (κ3) is 4.37. The van der Waals surface area contributed by atoms with Gasteiger partial charge in [0.1, 0.15) is 11.5 Å². The third-order valence-electron chi connectivity index (χ3n) is 6.32. The molecule has 2 aliphatic rings. The SMILES string of the molecule is COc1ccc(/C=C2\Oc3c(CN4CCCCCC4)c(O)cc(C)c3C2=O)c(OC)c1OC. The number of methoxy groups -OCH3 is 3. The molecule has 0 aliphatic carbocycles. The number of aromatic hydroxyl groups is 1. The Morgan fingerprint density at radius 3 is 2.36 bits per heavy atom. The van der Waals surface area contributed by atoms with Crippen LogP contribution in [0.1, 0.15) is 52.7 Å². The van der Waals surface area contributed by atoms with Crippen LogP contribution in [0.5, 0.6) is 28.7 Å². The second-order valence-corrected chi connectivity index (χ2v) is 8.45. The largest absolute Gasteiger partial charge is 0.507 e. The molecule has 1 fully saturated rings. The number of carbonyl (C=O) groups is 1. The molecule has 1 N–H and O–H groups in total. The lowest BCUT2D eigenvalue weighted by atomic mass is 9.99. The molecule has 0 radical (unpaired) electrons. The summed E-state index contributed by atoms with van der Waals surface area (Å²) >= 11 is 0. The van der Waals surface area contributed by atoms with Crippen LogP contribution >= 0.6 is 0 Å². The monoisotopic (exact) mass is 453 g/mol. The third-order valence-corrected chi connectivity index (χ3v) is 6.32. The number of hydrogen-bond donors (Lipinski definition) is 1. The van der Waals surface area contributed by atoms with Crippen LogP contribution < -0.4 is 18.9 Å². The number of hydrogen-bond acceptors (Lipinski definition) is 7. The number of fused-ring (bicyclic) bond motifs is 1. The van der Waals surface area contributed by atoms with Crippen molar-refractivity contribution in [2.45, 2.75) is 39.2 Å². The summed E-state index contributed by atoms with van der Waals surface area (Å²) in [6.07, 6.45) is 6.38. The van der Waals surface area contributed by atoms with Gasteiger partial charge in [0.15, 0.2) is 17.3 Å². The van der Waals surface area contributed by atoms with Gasteiger partial charge in [0, 0.05) is 12.1 Å². The van der Waals surface area contributed by atoms with Crippen LogP contribution in [0, 0.1) is 6.92 Å². The van der Waals surface area contributed by atoms with Crippen molar-refractivity contribution in [3.63, 3.8) is 0 Å². The summed E-state index contributed by atoms with van der Waals surface area (Å²) in [4.78, 5) is 15.6. The average Bonchev–Trinajstić information content (AvgIpc) is 2.97. The number of ketones is 1. The van der Waals surface area contributed by atoms with Gasteiger partial charge in [-0.2, -0.15) is 0 Å². The Balaban J connectivity index is 1.73. The molecule has 0 spiro atoms. The van der Waals surface area contributed by atoms with E-state index in [9.17, 15) is 9.90 Å². The lowest BCUT2D eigenvalue weighted by Crippen LogP contribution is -2.24. The van der Waals surface area contributed by atoms with E-state index >= 15 is 0 Å². The van der Waals surface area contributed by atoms with Crippen molar-refractivity contribution < 1.29 is 28.8 Å². The second kappa shape index (κ2) is 9.75. The minimum Gasteiger partial charge on any atom is -0.507 e.